The van der Waals surface area contributed by atoms with Crippen LogP contribution in [0.5, 0.6) is 0 Å². The Morgan fingerprint density at radius 2 is 2.07 bits per heavy atom. The lowest BCUT2D eigenvalue weighted by molar-refractivity contribution is -0.121. The summed E-state index contributed by atoms with van der Waals surface area (Å²) >= 11 is 0. The van der Waals surface area contributed by atoms with Gasteiger partial charge in [0.1, 0.15) is 0 Å². The number of anilines is 1. The molecule has 3 nitrogen and oxygen atoms in total. The number of carbonyl (C=O) groups is 1. The Morgan fingerprint density at radius 1 is 1.27 bits per heavy atom. The fraction of sp³-hybridized carbons (Fsp3) is 0.500. The van der Waals surface area contributed by atoms with Crippen LogP contribution in [0, 0.1) is 5.92 Å². The molecule has 78 valence electrons. The summed E-state index contributed by atoms with van der Waals surface area (Å²) in [4.78, 5) is 16.0. The molecule has 3 heteroatoms. The van der Waals surface area contributed by atoms with Crippen LogP contribution < -0.4 is 5.32 Å². The van der Waals surface area contributed by atoms with Crippen molar-refractivity contribution in [3.05, 3.63) is 24.0 Å². The monoisotopic (exact) mass is 202 g/mol. The second-order valence-electron chi connectivity index (χ2n) is 4.45. The summed E-state index contributed by atoms with van der Waals surface area (Å²) in [5.41, 5.74) is 2.21. The van der Waals surface area contributed by atoms with E-state index in [9.17, 15) is 4.79 Å². The Morgan fingerprint density at radius 3 is 2.93 bits per heavy atom. The molecular weight excluding hydrogens is 188 g/mol. The molecule has 1 aliphatic carbocycles. The zero-order valence-corrected chi connectivity index (χ0v) is 8.57. The van der Waals surface area contributed by atoms with Crippen molar-refractivity contribution in [2.45, 2.75) is 31.6 Å². The van der Waals surface area contributed by atoms with Crippen LogP contribution in [0.4, 0.5) is 5.69 Å². The second kappa shape index (κ2) is 3.33. The number of amides is 1. The number of rotatable bonds is 0. The first-order valence-electron chi connectivity index (χ1n) is 5.61. The normalized spacial score (nSPS) is 28.9. The molecule has 1 N–H and O–H groups in total. The fourth-order valence-corrected chi connectivity index (χ4v) is 2.86. The number of hydrogen-bond donors (Lipinski definition) is 1. The van der Waals surface area contributed by atoms with Gasteiger partial charge in [0.25, 0.3) is 0 Å². The number of nitrogens with one attached hydrogen (secondary N) is 1. The average Bonchev–Trinajstić information content (AvgIpc) is 2.30. The predicted molar refractivity (Wildman–Crippen MR) is 57.6 cm³/mol. The number of hydrogen-bond acceptors (Lipinski definition) is 2. The Balaban J connectivity index is 2.06. The highest BCUT2D eigenvalue weighted by Gasteiger charge is 2.37. The molecule has 0 radical (unpaired) electrons. The third-order valence-electron chi connectivity index (χ3n) is 3.61. The van der Waals surface area contributed by atoms with Gasteiger partial charge in [0, 0.05) is 24.0 Å². The maximum absolute atomic E-state index is 11.9. The molecule has 1 saturated carbocycles. The summed E-state index contributed by atoms with van der Waals surface area (Å²) in [5, 5.41) is 2.98. The van der Waals surface area contributed by atoms with Gasteiger partial charge in [-0.2, -0.15) is 0 Å². The molecule has 2 heterocycles. The third kappa shape index (κ3) is 1.34. The number of carbonyl (C=O) groups excluding carboxylic acids is 1. The predicted octanol–water partition coefficient (Wildman–Crippen LogP) is 2.31. The van der Waals surface area contributed by atoms with E-state index in [0.29, 0.717) is 5.92 Å². The highest BCUT2D eigenvalue weighted by atomic mass is 16.2. The molecular formula is C12H14N2O. The summed E-state index contributed by atoms with van der Waals surface area (Å²) in [6.45, 7) is 0. The largest absolute Gasteiger partial charge is 0.325 e. The van der Waals surface area contributed by atoms with E-state index < -0.39 is 0 Å². The lowest BCUT2D eigenvalue weighted by Gasteiger charge is -2.35. The van der Waals surface area contributed by atoms with E-state index in [2.05, 4.69) is 10.3 Å². The third-order valence-corrected chi connectivity index (χ3v) is 3.61. The van der Waals surface area contributed by atoms with Gasteiger partial charge in [-0.15, -0.1) is 0 Å². The first kappa shape index (κ1) is 8.89. The number of aromatic nitrogens is 1. The summed E-state index contributed by atoms with van der Waals surface area (Å²) in [7, 11) is 0. The van der Waals surface area contributed by atoms with Crippen LogP contribution in [0.15, 0.2) is 18.5 Å². The molecule has 0 aromatic carbocycles. The summed E-state index contributed by atoms with van der Waals surface area (Å²) in [6.07, 6.45) is 8.24. The highest BCUT2D eigenvalue weighted by Crippen LogP contribution is 2.43. The van der Waals surface area contributed by atoms with Gasteiger partial charge < -0.3 is 5.32 Å². The van der Waals surface area contributed by atoms with E-state index in [1.165, 1.54) is 18.4 Å². The number of nitrogens with zero attached hydrogens (tertiary/aromatic N) is 1. The van der Waals surface area contributed by atoms with Crippen molar-refractivity contribution in [1.29, 1.82) is 0 Å². The molecule has 0 spiro atoms. The maximum atomic E-state index is 11.9. The molecule has 0 saturated heterocycles. The second-order valence-corrected chi connectivity index (χ2v) is 4.45. The van der Waals surface area contributed by atoms with Crippen molar-refractivity contribution in [2.24, 2.45) is 5.92 Å². The summed E-state index contributed by atoms with van der Waals surface area (Å²) in [6, 6.07) is 1.90. The zero-order chi connectivity index (χ0) is 10.3. The molecule has 0 unspecified atom stereocenters. The van der Waals surface area contributed by atoms with Crippen molar-refractivity contribution in [3.8, 4) is 0 Å². The van der Waals surface area contributed by atoms with Crippen molar-refractivity contribution in [1.82, 2.24) is 4.98 Å². The van der Waals surface area contributed by atoms with Gasteiger partial charge in [0.2, 0.25) is 5.91 Å². The molecule has 1 aromatic heterocycles. The molecule has 2 aliphatic rings. The SMILES string of the molecule is O=C1Nc2ccncc2[C@H]2CCCC[C@H]12. The molecule has 2 atom stereocenters. The summed E-state index contributed by atoms with van der Waals surface area (Å²) < 4.78 is 0. The van der Waals surface area contributed by atoms with Gasteiger partial charge in [0.05, 0.1) is 0 Å². The smallest absolute Gasteiger partial charge is 0.228 e. The first-order chi connectivity index (χ1) is 7.36. The Hall–Kier alpha value is -1.38. The van der Waals surface area contributed by atoms with E-state index in [4.69, 9.17) is 0 Å². The standard InChI is InChI=1S/C12H14N2O/c15-12-9-4-2-1-3-8(9)10-7-13-6-5-11(10)14-12/h5-9H,1-4H2,(H,14,15)/t8-,9-/m0/s1. The van der Waals surface area contributed by atoms with Gasteiger partial charge in [-0.1, -0.05) is 12.8 Å². The van der Waals surface area contributed by atoms with Crippen LogP contribution in [-0.4, -0.2) is 10.9 Å². The Bertz CT molecular complexity index is 402. The van der Waals surface area contributed by atoms with E-state index in [0.717, 1.165) is 18.5 Å². The van der Waals surface area contributed by atoms with Gasteiger partial charge >= 0.3 is 0 Å². The quantitative estimate of drug-likeness (QED) is 0.701. The van der Waals surface area contributed by atoms with Crippen LogP contribution in [-0.2, 0) is 4.79 Å². The van der Waals surface area contributed by atoms with Gasteiger partial charge in [-0.25, -0.2) is 0 Å². The van der Waals surface area contributed by atoms with Crippen LogP contribution in [0.3, 0.4) is 0 Å². The first-order valence-corrected chi connectivity index (χ1v) is 5.61. The van der Waals surface area contributed by atoms with Crippen molar-refractivity contribution < 1.29 is 4.79 Å². The van der Waals surface area contributed by atoms with E-state index in [1.54, 1.807) is 6.20 Å². The molecule has 3 rings (SSSR count). The Labute approximate surface area is 88.9 Å². The summed E-state index contributed by atoms with van der Waals surface area (Å²) in [5.74, 6) is 0.810. The number of fused-ring (bicyclic) bond motifs is 3. The maximum Gasteiger partial charge on any atom is 0.228 e. The topological polar surface area (TPSA) is 42.0 Å². The lowest BCUT2D eigenvalue weighted by Crippen LogP contribution is -2.35. The Kier molecular flexibility index (Phi) is 1.97. The van der Waals surface area contributed by atoms with Crippen LogP contribution >= 0.6 is 0 Å². The molecule has 1 aromatic rings. The van der Waals surface area contributed by atoms with Gasteiger partial charge in [-0.3, -0.25) is 9.78 Å². The average molecular weight is 202 g/mol. The van der Waals surface area contributed by atoms with E-state index in [1.807, 2.05) is 12.3 Å². The van der Waals surface area contributed by atoms with E-state index in [-0.39, 0.29) is 11.8 Å². The number of pyridine rings is 1. The highest BCUT2D eigenvalue weighted by molar-refractivity contribution is 5.96. The van der Waals surface area contributed by atoms with Crippen molar-refractivity contribution >= 4 is 11.6 Å². The van der Waals surface area contributed by atoms with Crippen molar-refractivity contribution in [2.75, 3.05) is 5.32 Å². The molecule has 1 fully saturated rings. The molecule has 0 bridgehead atoms. The van der Waals surface area contributed by atoms with Crippen LogP contribution in [0.25, 0.3) is 0 Å². The van der Waals surface area contributed by atoms with Crippen LogP contribution in [0.2, 0.25) is 0 Å². The van der Waals surface area contributed by atoms with Gasteiger partial charge in [0.15, 0.2) is 0 Å². The van der Waals surface area contributed by atoms with E-state index >= 15 is 0 Å². The molecule has 1 amide bonds. The minimum Gasteiger partial charge on any atom is -0.325 e. The molecule has 15 heavy (non-hydrogen) atoms. The molecule has 1 aliphatic heterocycles. The van der Waals surface area contributed by atoms with Crippen molar-refractivity contribution in [3.63, 3.8) is 0 Å². The zero-order valence-electron chi connectivity index (χ0n) is 8.57. The fourth-order valence-electron chi connectivity index (χ4n) is 2.86. The van der Waals surface area contributed by atoms with Gasteiger partial charge in [-0.05, 0) is 30.4 Å². The van der Waals surface area contributed by atoms with Crippen LogP contribution in [0.1, 0.15) is 37.2 Å². The lowest BCUT2D eigenvalue weighted by atomic mass is 9.73. The minimum atomic E-state index is 0.190. The minimum absolute atomic E-state index is 0.190.